The van der Waals surface area contributed by atoms with E-state index in [1.54, 1.807) is 0 Å². The second kappa shape index (κ2) is 9.53. The average Bonchev–Trinajstić information content (AvgIpc) is 2.74. The monoisotopic (exact) mass is 368 g/mol. The molecule has 0 aromatic heterocycles. The molecule has 0 saturated carbocycles. The molecule has 1 fully saturated rings. The highest BCUT2D eigenvalue weighted by Gasteiger charge is 2.38. The van der Waals surface area contributed by atoms with Gasteiger partial charge in [-0.05, 0) is 42.5 Å². The number of nitrogens with one attached hydrogen (secondary N) is 1. The summed E-state index contributed by atoms with van der Waals surface area (Å²) >= 11 is 0. The fourth-order valence-corrected chi connectivity index (χ4v) is 3.29. The van der Waals surface area contributed by atoms with Crippen LogP contribution in [0.4, 0.5) is 0 Å². The van der Waals surface area contributed by atoms with Crippen LogP contribution < -0.4 is 15.8 Å². The van der Waals surface area contributed by atoms with Gasteiger partial charge in [0.25, 0.3) is 0 Å². The van der Waals surface area contributed by atoms with Gasteiger partial charge in [0.15, 0.2) is 0 Å². The lowest BCUT2D eigenvalue weighted by Gasteiger charge is -2.34. The third-order valence-electron chi connectivity index (χ3n) is 5.19. The normalized spacial score (nSPS) is 15.9. The average molecular weight is 368 g/mol. The van der Waals surface area contributed by atoms with Gasteiger partial charge in [-0.3, -0.25) is 4.79 Å². The third-order valence-corrected chi connectivity index (χ3v) is 5.19. The van der Waals surface area contributed by atoms with Crippen LogP contribution in [0.25, 0.3) is 0 Å². The zero-order valence-electron chi connectivity index (χ0n) is 15.7. The van der Waals surface area contributed by atoms with Crippen molar-refractivity contribution < 1.29 is 14.3 Å². The van der Waals surface area contributed by atoms with E-state index in [-0.39, 0.29) is 5.91 Å². The summed E-state index contributed by atoms with van der Waals surface area (Å²) in [7, 11) is 0. The van der Waals surface area contributed by atoms with E-state index in [0.717, 1.165) is 23.3 Å². The Labute approximate surface area is 160 Å². The first-order chi connectivity index (χ1) is 13.2. The van der Waals surface area contributed by atoms with Gasteiger partial charge in [0.05, 0.1) is 5.41 Å². The van der Waals surface area contributed by atoms with Crippen molar-refractivity contribution in [3.05, 3.63) is 65.7 Å². The van der Waals surface area contributed by atoms with Crippen LogP contribution in [-0.4, -0.2) is 32.2 Å². The van der Waals surface area contributed by atoms with Gasteiger partial charge < -0.3 is 20.5 Å². The topological polar surface area (TPSA) is 73.6 Å². The van der Waals surface area contributed by atoms with Gasteiger partial charge in [-0.25, -0.2) is 0 Å². The third kappa shape index (κ3) is 5.31. The first-order valence-corrected chi connectivity index (χ1v) is 9.54. The van der Waals surface area contributed by atoms with Gasteiger partial charge in [0, 0.05) is 26.3 Å². The Morgan fingerprint density at radius 2 is 1.74 bits per heavy atom. The van der Waals surface area contributed by atoms with Crippen molar-refractivity contribution in [3.63, 3.8) is 0 Å². The highest BCUT2D eigenvalue weighted by atomic mass is 16.5. The number of carbonyl (C=O) groups is 1. The molecule has 0 spiro atoms. The molecule has 5 heteroatoms. The van der Waals surface area contributed by atoms with E-state index in [1.165, 1.54) is 0 Å². The summed E-state index contributed by atoms with van der Waals surface area (Å²) in [5.74, 6) is 0.895. The highest BCUT2D eigenvalue weighted by Crippen LogP contribution is 2.29. The summed E-state index contributed by atoms with van der Waals surface area (Å²) in [4.78, 5) is 12.5. The Bertz CT molecular complexity index is 710. The molecule has 0 atom stereocenters. The van der Waals surface area contributed by atoms with Crippen molar-refractivity contribution in [3.8, 4) is 5.75 Å². The Morgan fingerprint density at radius 1 is 1.04 bits per heavy atom. The highest BCUT2D eigenvalue weighted by molar-refractivity contribution is 5.83. The maximum atomic E-state index is 12.5. The van der Waals surface area contributed by atoms with Gasteiger partial charge in [-0.15, -0.1) is 0 Å². The van der Waals surface area contributed by atoms with Crippen molar-refractivity contribution in [2.24, 2.45) is 11.1 Å². The van der Waals surface area contributed by atoms with Crippen LogP contribution in [0.1, 0.15) is 24.0 Å². The standard InChI is InChI=1S/C22H28N2O3/c23-17-22(11-14-26-15-12-22)21(25)24-13-10-18-6-8-20(9-7-18)27-16-19-4-2-1-3-5-19/h1-9H,10-17,23H2,(H,24,25). The number of hydrogen-bond donors (Lipinski definition) is 2. The second-order valence-electron chi connectivity index (χ2n) is 7.02. The van der Waals surface area contributed by atoms with Gasteiger partial charge >= 0.3 is 0 Å². The first-order valence-electron chi connectivity index (χ1n) is 9.54. The van der Waals surface area contributed by atoms with Crippen molar-refractivity contribution in [1.82, 2.24) is 5.32 Å². The zero-order valence-corrected chi connectivity index (χ0v) is 15.7. The van der Waals surface area contributed by atoms with E-state index in [0.29, 0.717) is 45.8 Å². The number of rotatable bonds is 8. The molecule has 5 nitrogen and oxygen atoms in total. The quantitative estimate of drug-likeness (QED) is 0.751. The number of ether oxygens (including phenoxy) is 2. The van der Waals surface area contributed by atoms with Crippen molar-refractivity contribution >= 4 is 5.91 Å². The van der Waals surface area contributed by atoms with E-state index in [9.17, 15) is 4.79 Å². The molecule has 1 aliphatic rings. The molecule has 27 heavy (non-hydrogen) atoms. The van der Waals surface area contributed by atoms with Crippen LogP contribution in [0, 0.1) is 5.41 Å². The van der Waals surface area contributed by atoms with Gasteiger partial charge in [-0.2, -0.15) is 0 Å². The Balaban J connectivity index is 1.44. The van der Waals surface area contributed by atoms with Crippen molar-refractivity contribution in [1.29, 1.82) is 0 Å². The predicted octanol–water partition coefficient (Wildman–Crippen LogP) is 2.68. The van der Waals surface area contributed by atoms with Gasteiger partial charge in [0.2, 0.25) is 5.91 Å². The van der Waals surface area contributed by atoms with Crippen molar-refractivity contribution in [2.45, 2.75) is 25.9 Å². The number of hydrogen-bond acceptors (Lipinski definition) is 4. The molecular formula is C22H28N2O3. The van der Waals surface area contributed by atoms with Crippen LogP contribution in [-0.2, 0) is 22.6 Å². The lowest BCUT2D eigenvalue weighted by molar-refractivity contribution is -0.135. The van der Waals surface area contributed by atoms with Crippen LogP contribution in [0.2, 0.25) is 0 Å². The molecule has 1 aliphatic heterocycles. The summed E-state index contributed by atoms with van der Waals surface area (Å²) in [6.45, 7) is 2.74. The van der Waals surface area contributed by atoms with Crippen molar-refractivity contribution in [2.75, 3.05) is 26.3 Å². The van der Waals surface area contributed by atoms with Crippen LogP contribution in [0.15, 0.2) is 54.6 Å². The Morgan fingerprint density at radius 3 is 2.41 bits per heavy atom. The van der Waals surface area contributed by atoms with Crippen LogP contribution in [0.3, 0.4) is 0 Å². The SMILES string of the molecule is NCC1(C(=O)NCCc2ccc(OCc3ccccc3)cc2)CCOCC1. The van der Waals surface area contributed by atoms with E-state index < -0.39 is 5.41 Å². The molecule has 1 amide bonds. The molecule has 1 saturated heterocycles. The molecule has 3 rings (SSSR count). The van der Waals surface area contributed by atoms with Crippen LogP contribution in [0.5, 0.6) is 5.75 Å². The van der Waals surface area contributed by atoms with E-state index in [2.05, 4.69) is 5.32 Å². The maximum Gasteiger partial charge on any atom is 0.227 e. The lowest BCUT2D eigenvalue weighted by Crippen LogP contribution is -2.49. The van der Waals surface area contributed by atoms with Crippen LogP contribution >= 0.6 is 0 Å². The fraction of sp³-hybridized carbons (Fsp3) is 0.409. The summed E-state index contributed by atoms with van der Waals surface area (Å²) < 4.78 is 11.2. The molecule has 0 bridgehead atoms. The predicted molar refractivity (Wildman–Crippen MR) is 105 cm³/mol. The molecule has 144 valence electrons. The van der Waals surface area contributed by atoms with Gasteiger partial charge in [-0.1, -0.05) is 42.5 Å². The molecule has 3 N–H and O–H groups in total. The smallest absolute Gasteiger partial charge is 0.227 e. The number of amides is 1. The Hall–Kier alpha value is -2.37. The largest absolute Gasteiger partial charge is 0.489 e. The van der Waals surface area contributed by atoms with E-state index in [4.69, 9.17) is 15.2 Å². The second-order valence-corrected chi connectivity index (χ2v) is 7.02. The molecule has 0 unspecified atom stereocenters. The lowest BCUT2D eigenvalue weighted by atomic mass is 9.79. The zero-order chi connectivity index (χ0) is 19.0. The number of benzene rings is 2. The molecule has 1 heterocycles. The molecule has 0 aliphatic carbocycles. The summed E-state index contributed by atoms with van der Waals surface area (Å²) in [5, 5.41) is 3.05. The Kier molecular flexibility index (Phi) is 6.85. The minimum absolute atomic E-state index is 0.0520. The van der Waals surface area contributed by atoms with E-state index >= 15 is 0 Å². The maximum absolute atomic E-state index is 12.5. The summed E-state index contributed by atoms with van der Waals surface area (Å²) in [6, 6.07) is 18.1. The minimum atomic E-state index is -0.465. The fourth-order valence-electron chi connectivity index (χ4n) is 3.29. The number of carbonyl (C=O) groups excluding carboxylic acids is 1. The van der Waals surface area contributed by atoms with Gasteiger partial charge in [0.1, 0.15) is 12.4 Å². The molecular weight excluding hydrogens is 340 g/mol. The first kappa shape index (κ1) is 19.4. The molecule has 2 aromatic carbocycles. The molecule has 2 aromatic rings. The summed E-state index contributed by atoms with van der Waals surface area (Å²) in [5.41, 5.74) is 7.72. The minimum Gasteiger partial charge on any atom is -0.489 e. The molecule has 0 radical (unpaired) electrons. The number of nitrogens with two attached hydrogens (primary N) is 1. The van der Waals surface area contributed by atoms with E-state index in [1.807, 2.05) is 54.6 Å². The summed E-state index contributed by atoms with van der Waals surface area (Å²) in [6.07, 6.45) is 2.17.